The van der Waals surface area contributed by atoms with Crippen LogP contribution in [0.15, 0.2) is 29.4 Å². The molecular formula is C8H5ClFN3O2S. The predicted molar refractivity (Wildman–Crippen MR) is 54.8 cm³/mol. The standard InChI is InChI=1S/C8H5ClFN3O2S/c9-16(14,15)8-11-7(12-13-8)5-2-1-3-6(10)4-5/h1-4H,(H,11,12,13). The Balaban J connectivity index is 2.47. The van der Waals surface area contributed by atoms with Crippen molar-refractivity contribution in [2.75, 3.05) is 0 Å². The lowest BCUT2D eigenvalue weighted by atomic mass is 10.2. The number of hydrogen-bond acceptors (Lipinski definition) is 4. The van der Waals surface area contributed by atoms with Crippen molar-refractivity contribution >= 4 is 19.7 Å². The second-order valence-electron chi connectivity index (χ2n) is 2.91. The molecule has 0 spiro atoms. The Hall–Kier alpha value is -1.47. The van der Waals surface area contributed by atoms with Crippen LogP contribution in [0.3, 0.4) is 0 Å². The summed E-state index contributed by atoms with van der Waals surface area (Å²) in [6, 6.07) is 5.47. The van der Waals surface area contributed by atoms with Gasteiger partial charge in [0.25, 0.3) is 14.2 Å². The first kappa shape index (κ1) is 11.0. The van der Waals surface area contributed by atoms with Crippen LogP contribution in [-0.4, -0.2) is 23.6 Å². The fourth-order valence-corrected chi connectivity index (χ4v) is 1.67. The summed E-state index contributed by atoms with van der Waals surface area (Å²) in [6.07, 6.45) is 0. The Morgan fingerprint density at radius 1 is 1.38 bits per heavy atom. The molecule has 0 aliphatic heterocycles. The monoisotopic (exact) mass is 261 g/mol. The first-order valence-electron chi connectivity index (χ1n) is 4.10. The average Bonchev–Trinajstić information content (AvgIpc) is 2.65. The molecule has 0 saturated heterocycles. The average molecular weight is 262 g/mol. The quantitative estimate of drug-likeness (QED) is 0.832. The topological polar surface area (TPSA) is 75.7 Å². The lowest BCUT2D eigenvalue weighted by molar-refractivity contribution is 0.602. The van der Waals surface area contributed by atoms with Crippen LogP contribution in [0.2, 0.25) is 0 Å². The molecule has 84 valence electrons. The van der Waals surface area contributed by atoms with Crippen molar-refractivity contribution < 1.29 is 12.8 Å². The van der Waals surface area contributed by atoms with Gasteiger partial charge in [0.15, 0.2) is 5.82 Å². The van der Waals surface area contributed by atoms with E-state index in [1.807, 2.05) is 0 Å². The molecule has 5 nitrogen and oxygen atoms in total. The summed E-state index contributed by atoms with van der Waals surface area (Å²) in [5, 5.41) is 5.32. The van der Waals surface area contributed by atoms with Gasteiger partial charge in [-0.3, -0.25) is 0 Å². The molecule has 2 rings (SSSR count). The normalized spacial score (nSPS) is 11.6. The fraction of sp³-hybridized carbons (Fsp3) is 0. The highest BCUT2D eigenvalue weighted by Gasteiger charge is 2.16. The van der Waals surface area contributed by atoms with Crippen LogP contribution in [0.25, 0.3) is 11.4 Å². The smallest absolute Gasteiger partial charge is 0.248 e. The van der Waals surface area contributed by atoms with Crippen molar-refractivity contribution in [2.24, 2.45) is 0 Å². The van der Waals surface area contributed by atoms with Crippen molar-refractivity contribution in [2.45, 2.75) is 5.16 Å². The van der Waals surface area contributed by atoms with Crippen molar-refractivity contribution in [1.29, 1.82) is 0 Å². The van der Waals surface area contributed by atoms with E-state index in [1.54, 1.807) is 6.07 Å². The van der Waals surface area contributed by atoms with Crippen LogP contribution in [-0.2, 0) is 9.05 Å². The Bertz CT molecular complexity index is 626. The molecule has 1 heterocycles. The first-order valence-corrected chi connectivity index (χ1v) is 6.41. The number of nitrogens with zero attached hydrogens (tertiary/aromatic N) is 2. The number of nitrogens with one attached hydrogen (secondary N) is 1. The predicted octanol–water partition coefficient (Wildman–Crippen LogP) is 1.54. The van der Waals surface area contributed by atoms with Gasteiger partial charge in [-0.1, -0.05) is 12.1 Å². The number of benzene rings is 1. The summed E-state index contributed by atoms with van der Waals surface area (Å²) < 4.78 is 34.7. The number of hydrogen-bond donors (Lipinski definition) is 1. The lowest BCUT2D eigenvalue weighted by Gasteiger charge is -1.93. The summed E-state index contributed by atoms with van der Waals surface area (Å²) in [4.78, 5) is 3.64. The zero-order valence-electron chi connectivity index (χ0n) is 7.68. The van der Waals surface area contributed by atoms with E-state index in [4.69, 9.17) is 10.7 Å². The Morgan fingerprint density at radius 3 is 2.69 bits per heavy atom. The largest absolute Gasteiger partial charge is 0.296 e. The lowest BCUT2D eigenvalue weighted by Crippen LogP contribution is -1.92. The van der Waals surface area contributed by atoms with Crippen LogP contribution in [0.4, 0.5) is 4.39 Å². The molecule has 8 heteroatoms. The SMILES string of the molecule is O=S(=O)(Cl)c1nc(-c2cccc(F)c2)n[nH]1. The Labute approximate surface area is 94.7 Å². The molecule has 0 amide bonds. The molecule has 0 saturated carbocycles. The minimum absolute atomic E-state index is 0.0683. The molecule has 1 aromatic carbocycles. The second kappa shape index (κ2) is 3.84. The second-order valence-corrected chi connectivity index (χ2v) is 5.39. The van der Waals surface area contributed by atoms with Gasteiger partial charge in [-0.05, 0) is 12.1 Å². The number of H-pyrrole nitrogens is 1. The van der Waals surface area contributed by atoms with E-state index >= 15 is 0 Å². The van der Waals surface area contributed by atoms with Gasteiger partial charge in [0.05, 0.1) is 0 Å². The summed E-state index contributed by atoms with van der Waals surface area (Å²) >= 11 is 0. The number of rotatable bonds is 2. The van der Waals surface area contributed by atoms with Crippen LogP contribution in [0.5, 0.6) is 0 Å². The van der Waals surface area contributed by atoms with E-state index in [-0.39, 0.29) is 5.82 Å². The van der Waals surface area contributed by atoms with E-state index in [2.05, 4.69) is 15.2 Å². The van der Waals surface area contributed by atoms with E-state index in [0.717, 1.165) is 0 Å². The van der Waals surface area contributed by atoms with Crippen LogP contribution in [0, 0.1) is 5.82 Å². The van der Waals surface area contributed by atoms with Crippen LogP contribution < -0.4 is 0 Å². The molecule has 0 unspecified atom stereocenters. The molecule has 1 N–H and O–H groups in total. The Kier molecular flexibility index (Phi) is 2.64. The summed E-state index contributed by atoms with van der Waals surface area (Å²) in [7, 11) is 1.10. The van der Waals surface area contributed by atoms with E-state index in [0.29, 0.717) is 5.56 Å². The zero-order chi connectivity index (χ0) is 11.8. The number of halogens is 2. The van der Waals surface area contributed by atoms with Gasteiger partial charge in [-0.2, -0.15) is 10.1 Å². The van der Waals surface area contributed by atoms with Crippen molar-refractivity contribution in [1.82, 2.24) is 15.2 Å². The summed E-state index contributed by atoms with van der Waals surface area (Å²) in [6.45, 7) is 0. The molecule has 0 aliphatic rings. The van der Waals surface area contributed by atoms with Gasteiger partial charge < -0.3 is 0 Å². The van der Waals surface area contributed by atoms with Crippen LogP contribution in [0.1, 0.15) is 0 Å². The third-order valence-corrected chi connectivity index (χ3v) is 2.86. The molecule has 0 fully saturated rings. The van der Waals surface area contributed by atoms with E-state index in [1.165, 1.54) is 18.2 Å². The van der Waals surface area contributed by atoms with Crippen molar-refractivity contribution in [3.8, 4) is 11.4 Å². The van der Waals surface area contributed by atoms with Crippen molar-refractivity contribution in [3.05, 3.63) is 30.1 Å². The zero-order valence-corrected chi connectivity index (χ0v) is 9.26. The van der Waals surface area contributed by atoms with Gasteiger partial charge in [0.2, 0.25) is 0 Å². The molecule has 16 heavy (non-hydrogen) atoms. The summed E-state index contributed by atoms with van der Waals surface area (Å²) in [5.74, 6) is -0.392. The molecule has 1 aromatic heterocycles. The van der Waals surface area contributed by atoms with Gasteiger partial charge in [0.1, 0.15) is 5.82 Å². The van der Waals surface area contributed by atoms with E-state index in [9.17, 15) is 12.8 Å². The highest BCUT2D eigenvalue weighted by molar-refractivity contribution is 8.13. The Morgan fingerprint density at radius 2 is 2.12 bits per heavy atom. The van der Waals surface area contributed by atoms with Crippen molar-refractivity contribution in [3.63, 3.8) is 0 Å². The minimum Gasteiger partial charge on any atom is -0.248 e. The maximum absolute atomic E-state index is 12.9. The maximum Gasteiger partial charge on any atom is 0.296 e. The third kappa shape index (κ3) is 2.20. The van der Waals surface area contributed by atoms with Gasteiger partial charge in [-0.25, -0.2) is 17.9 Å². The molecule has 0 aliphatic carbocycles. The third-order valence-electron chi connectivity index (χ3n) is 1.78. The first-order chi connectivity index (χ1) is 7.47. The minimum atomic E-state index is -3.95. The fourth-order valence-electron chi connectivity index (χ4n) is 1.11. The molecule has 2 aromatic rings. The highest BCUT2D eigenvalue weighted by Crippen LogP contribution is 2.18. The van der Waals surface area contributed by atoms with Gasteiger partial charge in [0, 0.05) is 16.2 Å². The number of aromatic nitrogens is 3. The van der Waals surface area contributed by atoms with Gasteiger partial charge >= 0.3 is 0 Å². The van der Waals surface area contributed by atoms with Crippen LogP contribution >= 0.6 is 10.7 Å². The molecule has 0 radical (unpaired) electrons. The molecular weight excluding hydrogens is 257 g/mol. The molecule has 0 bridgehead atoms. The molecule has 0 atom stereocenters. The maximum atomic E-state index is 12.9. The van der Waals surface area contributed by atoms with E-state index < -0.39 is 20.0 Å². The van der Waals surface area contributed by atoms with Gasteiger partial charge in [-0.15, -0.1) is 0 Å². The number of aromatic amines is 1. The summed E-state index contributed by atoms with van der Waals surface area (Å²) in [5.41, 5.74) is 0.364. The highest BCUT2D eigenvalue weighted by atomic mass is 35.7.